The molecule has 1 saturated heterocycles. The second kappa shape index (κ2) is 4.47. The normalized spacial score (nSPS) is 25.0. The Hall–Kier alpha value is -1.38. The standard InChI is InChI=1S/C15H16O2/c1-11-16-9-15(10-17-11)14-7-6-12-4-2-3-5-13(12)8-14/h2-8,11,15H,9-10H2,1H3. The van der Waals surface area contributed by atoms with Crippen molar-refractivity contribution < 1.29 is 9.47 Å². The molecule has 1 aliphatic heterocycles. The van der Waals surface area contributed by atoms with Crippen molar-refractivity contribution in [2.45, 2.75) is 19.1 Å². The van der Waals surface area contributed by atoms with Gasteiger partial charge in [-0.2, -0.15) is 0 Å². The van der Waals surface area contributed by atoms with Gasteiger partial charge < -0.3 is 9.47 Å². The van der Waals surface area contributed by atoms with Crippen molar-refractivity contribution >= 4 is 10.8 Å². The lowest BCUT2D eigenvalue weighted by molar-refractivity contribution is -0.176. The van der Waals surface area contributed by atoms with Crippen molar-refractivity contribution in [3.63, 3.8) is 0 Å². The third kappa shape index (κ3) is 2.19. The molecule has 2 aromatic carbocycles. The van der Waals surface area contributed by atoms with Gasteiger partial charge in [-0.1, -0.05) is 42.5 Å². The molecule has 0 bridgehead atoms. The molecule has 17 heavy (non-hydrogen) atoms. The number of benzene rings is 2. The summed E-state index contributed by atoms with van der Waals surface area (Å²) >= 11 is 0. The van der Waals surface area contributed by atoms with Gasteiger partial charge in [-0.25, -0.2) is 0 Å². The summed E-state index contributed by atoms with van der Waals surface area (Å²) in [5.74, 6) is 0.357. The predicted molar refractivity (Wildman–Crippen MR) is 68.1 cm³/mol. The maximum absolute atomic E-state index is 5.53. The van der Waals surface area contributed by atoms with E-state index in [0.29, 0.717) is 5.92 Å². The largest absolute Gasteiger partial charge is 0.352 e. The van der Waals surface area contributed by atoms with Gasteiger partial charge in [-0.15, -0.1) is 0 Å². The second-order valence-corrected chi connectivity index (χ2v) is 4.54. The van der Waals surface area contributed by atoms with E-state index in [1.165, 1.54) is 16.3 Å². The van der Waals surface area contributed by atoms with Crippen LogP contribution in [0.2, 0.25) is 0 Å². The maximum Gasteiger partial charge on any atom is 0.154 e. The Bertz CT molecular complexity index is 513. The minimum Gasteiger partial charge on any atom is -0.352 e. The van der Waals surface area contributed by atoms with Gasteiger partial charge in [0.25, 0.3) is 0 Å². The molecule has 1 heterocycles. The van der Waals surface area contributed by atoms with Gasteiger partial charge in [-0.3, -0.25) is 0 Å². The summed E-state index contributed by atoms with van der Waals surface area (Å²) in [5.41, 5.74) is 1.30. The zero-order valence-electron chi connectivity index (χ0n) is 9.93. The molecule has 3 rings (SSSR count). The smallest absolute Gasteiger partial charge is 0.154 e. The molecule has 2 heteroatoms. The summed E-state index contributed by atoms with van der Waals surface area (Å²) in [7, 11) is 0. The van der Waals surface area contributed by atoms with Gasteiger partial charge in [-0.05, 0) is 23.3 Å². The van der Waals surface area contributed by atoms with Crippen LogP contribution in [-0.4, -0.2) is 19.5 Å². The number of rotatable bonds is 1. The average Bonchev–Trinajstić information content (AvgIpc) is 2.39. The first-order chi connectivity index (χ1) is 8.33. The minimum absolute atomic E-state index is 0.0632. The van der Waals surface area contributed by atoms with Crippen molar-refractivity contribution in [2.24, 2.45) is 0 Å². The molecule has 1 aliphatic rings. The van der Waals surface area contributed by atoms with E-state index in [-0.39, 0.29) is 6.29 Å². The lowest BCUT2D eigenvalue weighted by Crippen LogP contribution is -2.28. The van der Waals surface area contributed by atoms with Gasteiger partial charge >= 0.3 is 0 Å². The highest BCUT2D eigenvalue weighted by atomic mass is 16.7. The minimum atomic E-state index is -0.0632. The molecule has 1 fully saturated rings. The topological polar surface area (TPSA) is 18.5 Å². The maximum atomic E-state index is 5.53. The van der Waals surface area contributed by atoms with E-state index >= 15 is 0 Å². The molecular formula is C15H16O2. The van der Waals surface area contributed by atoms with E-state index in [2.05, 4.69) is 42.5 Å². The lowest BCUT2D eigenvalue weighted by atomic mass is 9.97. The zero-order chi connectivity index (χ0) is 11.7. The SMILES string of the molecule is CC1OCC(c2ccc3ccccc3c2)CO1. The highest BCUT2D eigenvalue weighted by Crippen LogP contribution is 2.25. The number of hydrogen-bond donors (Lipinski definition) is 0. The van der Waals surface area contributed by atoms with Crippen molar-refractivity contribution in [3.05, 3.63) is 48.0 Å². The fourth-order valence-corrected chi connectivity index (χ4v) is 2.25. The first-order valence-corrected chi connectivity index (χ1v) is 6.05. The van der Waals surface area contributed by atoms with Crippen LogP contribution in [-0.2, 0) is 9.47 Å². The van der Waals surface area contributed by atoms with Crippen LogP contribution in [0.25, 0.3) is 10.8 Å². The van der Waals surface area contributed by atoms with Gasteiger partial charge in [0.2, 0.25) is 0 Å². The Morgan fingerprint density at radius 1 is 0.941 bits per heavy atom. The van der Waals surface area contributed by atoms with E-state index in [9.17, 15) is 0 Å². The van der Waals surface area contributed by atoms with E-state index in [0.717, 1.165) is 13.2 Å². The summed E-state index contributed by atoms with van der Waals surface area (Å²) in [6.45, 7) is 3.44. The van der Waals surface area contributed by atoms with Crippen LogP contribution < -0.4 is 0 Å². The molecule has 0 aromatic heterocycles. The van der Waals surface area contributed by atoms with E-state index in [4.69, 9.17) is 9.47 Å². The highest BCUT2D eigenvalue weighted by Gasteiger charge is 2.20. The summed E-state index contributed by atoms with van der Waals surface area (Å²) in [6.07, 6.45) is -0.0632. The zero-order valence-corrected chi connectivity index (χ0v) is 9.93. The highest BCUT2D eigenvalue weighted by molar-refractivity contribution is 5.83. The van der Waals surface area contributed by atoms with Crippen LogP contribution in [0.3, 0.4) is 0 Å². The molecule has 0 saturated carbocycles. The first kappa shape index (κ1) is 10.8. The van der Waals surface area contributed by atoms with Crippen LogP contribution in [0.4, 0.5) is 0 Å². The van der Waals surface area contributed by atoms with Crippen molar-refractivity contribution in [1.82, 2.24) is 0 Å². The molecule has 88 valence electrons. The molecule has 0 spiro atoms. The number of ether oxygens (including phenoxy) is 2. The van der Waals surface area contributed by atoms with Gasteiger partial charge in [0.05, 0.1) is 13.2 Å². The van der Waals surface area contributed by atoms with Crippen molar-refractivity contribution in [1.29, 1.82) is 0 Å². The molecule has 2 nitrogen and oxygen atoms in total. The third-order valence-corrected chi connectivity index (χ3v) is 3.31. The van der Waals surface area contributed by atoms with Crippen LogP contribution in [0.5, 0.6) is 0 Å². The molecule has 0 aliphatic carbocycles. The lowest BCUT2D eigenvalue weighted by Gasteiger charge is -2.27. The fraction of sp³-hybridized carbons (Fsp3) is 0.333. The fourth-order valence-electron chi connectivity index (χ4n) is 2.25. The second-order valence-electron chi connectivity index (χ2n) is 4.54. The van der Waals surface area contributed by atoms with Crippen molar-refractivity contribution in [3.8, 4) is 0 Å². The quantitative estimate of drug-likeness (QED) is 0.745. The Morgan fingerprint density at radius 2 is 1.65 bits per heavy atom. The Balaban J connectivity index is 1.90. The molecule has 0 radical (unpaired) electrons. The molecular weight excluding hydrogens is 212 g/mol. The Labute approximate surface area is 101 Å². The summed E-state index contributed by atoms with van der Waals surface area (Å²) in [5, 5.41) is 2.56. The summed E-state index contributed by atoms with van der Waals surface area (Å²) in [4.78, 5) is 0. The van der Waals surface area contributed by atoms with Crippen LogP contribution >= 0.6 is 0 Å². The van der Waals surface area contributed by atoms with Gasteiger partial charge in [0.1, 0.15) is 0 Å². The molecule has 2 aromatic rings. The van der Waals surface area contributed by atoms with E-state index in [1.807, 2.05) is 6.92 Å². The predicted octanol–water partition coefficient (Wildman–Crippen LogP) is 3.32. The van der Waals surface area contributed by atoms with Gasteiger partial charge in [0.15, 0.2) is 6.29 Å². The molecule has 0 atom stereocenters. The monoisotopic (exact) mass is 228 g/mol. The average molecular weight is 228 g/mol. The first-order valence-electron chi connectivity index (χ1n) is 6.05. The third-order valence-electron chi connectivity index (χ3n) is 3.31. The van der Waals surface area contributed by atoms with E-state index < -0.39 is 0 Å². The van der Waals surface area contributed by atoms with Crippen LogP contribution in [0, 0.1) is 0 Å². The van der Waals surface area contributed by atoms with Crippen LogP contribution in [0.1, 0.15) is 18.4 Å². The summed E-state index contributed by atoms with van der Waals surface area (Å²) < 4.78 is 11.1. The number of fused-ring (bicyclic) bond motifs is 1. The van der Waals surface area contributed by atoms with Gasteiger partial charge in [0, 0.05) is 5.92 Å². The van der Waals surface area contributed by atoms with E-state index in [1.54, 1.807) is 0 Å². The Morgan fingerprint density at radius 3 is 2.41 bits per heavy atom. The Kier molecular flexibility index (Phi) is 2.83. The molecule has 0 N–H and O–H groups in total. The molecule has 0 amide bonds. The van der Waals surface area contributed by atoms with Crippen LogP contribution in [0.15, 0.2) is 42.5 Å². The number of hydrogen-bond acceptors (Lipinski definition) is 2. The molecule has 0 unspecified atom stereocenters. The summed E-state index contributed by atoms with van der Waals surface area (Å²) in [6, 6.07) is 15.0. The van der Waals surface area contributed by atoms with Crippen molar-refractivity contribution in [2.75, 3.05) is 13.2 Å².